The van der Waals surface area contributed by atoms with Gasteiger partial charge in [0.25, 0.3) is 15.9 Å². The summed E-state index contributed by atoms with van der Waals surface area (Å²) in [6, 6.07) is 19.2. The molecule has 0 aliphatic heterocycles. The standard InChI is InChI=1S/C26H30N2O5S/c1-5-33-18-21-13-11-20(12-14-21)17-27-26(29)23-16-22(15-10-19(23)2)34(30,31)28(3)24-8-6-7-9-25(24)32-4/h6-16H,5,17-18H2,1-4H3,(H,27,29). The van der Waals surface area contributed by atoms with E-state index in [1.165, 1.54) is 26.3 Å². The molecule has 3 aromatic carbocycles. The monoisotopic (exact) mass is 482 g/mol. The van der Waals surface area contributed by atoms with Crippen LogP contribution in [0, 0.1) is 6.92 Å². The van der Waals surface area contributed by atoms with Crippen LogP contribution in [0.3, 0.4) is 0 Å². The number of para-hydroxylation sites is 2. The number of rotatable bonds is 10. The fourth-order valence-corrected chi connectivity index (χ4v) is 4.67. The predicted molar refractivity (Wildman–Crippen MR) is 133 cm³/mol. The van der Waals surface area contributed by atoms with Crippen molar-refractivity contribution in [2.24, 2.45) is 0 Å². The number of anilines is 1. The Morgan fingerprint density at radius 2 is 1.68 bits per heavy atom. The Balaban J connectivity index is 1.78. The topological polar surface area (TPSA) is 84.9 Å². The number of carbonyl (C=O) groups is 1. The maximum absolute atomic E-state index is 13.3. The molecule has 0 atom stereocenters. The molecule has 0 bridgehead atoms. The first-order valence-electron chi connectivity index (χ1n) is 10.9. The third-order valence-corrected chi connectivity index (χ3v) is 7.25. The number of benzene rings is 3. The fourth-order valence-electron chi connectivity index (χ4n) is 3.43. The summed E-state index contributed by atoms with van der Waals surface area (Å²) in [5.74, 6) is 0.0961. The Bertz CT molecular complexity index is 1240. The van der Waals surface area contributed by atoms with E-state index in [1.807, 2.05) is 31.2 Å². The van der Waals surface area contributed by atoms with E-state index in [-0.39, 0.29) is 10.8 Å². The number of amides is 1. The van der Waals surface area contributed by atoms with Crippen LogP contribution in [0.25, 0.3) is 0 Å². The van der Waals surface area contributed by atoms with E-state index in [0.29, 0.717) is 42.3 Å². The number of hydrogen-bond donors (Lipinski definition) is 1. The molecule has 1 N–H and O–H groups in total. The van der Waals surface area contributed by atoms with Crippen LogP contribution in [-0.4, -0.2) is 35.1 Å². The number of hydrogen-bond acceptors (Lipinski definition) is 5. The van der Waals surface area contributed by atoms with Crippen molar-refractivity contribution in [1.29, 1.82) is 0 Å². The van der Waals surface area contributed by atoms with Crippen LogP contribution in [0.1, 0.15) is 34.0 Å². The van der Waals surface area contributed by atoms with Crippen molar-refractivity contribution >= 4 is 21.6 Å². The molecule has 3 aromatic rings. The third-order valence-electron chi connectivity index (χ3n) is 5.49. The summed E-state index contributed by atoms with van der Waals surface area (Å²) in [6.07, 6.45) is 0. The fraction of sp³-hybridized carbons (Fsp3) is 0.269. The van der Waals surface area contributed by atoms with Gasteiger partial charge in [-0.3, -0.25) is 9.10 Å². The van der Waals surface area contributed by atoms with Gasteiger partial charge >= 0.3 is 0 Å². The van der Waals surface area contributed by atoms with Gasteiger partial charge in [-0.2, -0.15) is 0 Å². The van der Waals surface area contributed by atoms with Crippen LogP contribution in [0.4, 0.5) is 5.69 Å². The van der Waals surface area contributed by atoms with Gasteiger partial charge in [0.2, 0.25) is 0 Å². The lowest BCUT2D eigenvalue weighted by atomic mass is 10.1. The Labute approximate surface area is 201 Å². The van der Waals surface area contributed by atoms with Crippen molar-refractivity contribution in [3.63, 3.8) is 0 Å². The van der Waals surface area contributed by atoms with Crippen molar-refractivity contribution in [3.8, 4) is 5.75 Å². The molecule has 0 aliphatic rings. The van der Waals surface area contributed by atoms with E-state index >= 15 is 0 Å². The highest BCUT2D eigenvalue weighted by atomic mass is 32.2. The number of nitrogens with one attached hydrogen (secondary N) is 1. The summed E-state index contributed by atoms with van der Waals surface area (Å²) in [5.41, 5.74) is 3.39. The van der Waals surface area contributed by atoms with Crippen molar-refractivity contribution < 1.29 is 22.7 Å². The summed E-state index contributed by atoms with van der Waals surface area (Å²) < 4.78 is 38.5. The second-order valence-corrected chi connectivity index (χ2v) is 9.73. The van der Waals surface area contributed by atoms with Crippen molar-refractivity contribution in [2.45, 2.75) is 31.9 Å². The third kappa shape index (κ3) is 5.76. The van der Waals surface area contributed by atoms with E-state index in [4.69, 9.17) is 9.47 Å². The van der Waals surface area contributed by atoms with E-state index < -0.39 is 10.0 Å². The summed E-state index contributed by atoms with van der Waals surface area (Å²) >= 11 is 0. The number of methoxy groups -OCH3 is 1. The highest BCUT2D eigenvalue weighted by Crippen LogP contribution is 2.31. The second-order valence-electron chi connectivity index (χ2n) is 7.76. The Hall–Kier alpha value is -3.36. The molecular formula is C26H30N2O5S. The van der Waals surface area contributed by atoms with E-state index in [0.717, 1.165) is 15.4 Å². The summed E-state index contributed by atoms with van der Waals surface area (Å²) in [4.78, 5) is 12.9. The molecule has 0 saturated carbocycles. The maximum Gasteiger partial charge on any atom is 0.264 e. The zero-order chi connectivity index (χ0) is 24.7. The van der Waals surface area contributed by atoms with Gasteiger partial charge in [-0.05, 0) is 54.8 Å². The highest BCUT2D eigenvalue weighted by Gasteiger charge is 2.25. The van der Waals surface area contributed by atoms with Crippen molar-refractivity contribution in [2.75, 3.05) is 25.1 Å². The molecule has 1 amide bonds. The minimum atomic E-state index is -3.92. The quantitative estimate of drug-likeness (QED) is 0.466. The molecule has 3 rings (SSSR count). The molecule has 0 heterocycles. The van der Waals surface area contributed by atoms with Crippen LogP contribution in [-0.2, 0) is 27.9 Å². The zero-order valence-corrected chi connectivity index (χ0v) is 20.7. The van der Waals surface area contributed by atoms with Gasteiger partial charge in [0.15, 0.2) is 0 Å². The SMILES string of the molecule is CCOCc1ccc(CNC(=O)c2cc(S(=O)(=O)N(C)c3ccccc3OC)ccc2C)cc1. The van der Waals surface area contributed by atoms with E-state index in [9.17, 15) is 13.2 Å². The molecule has 34 heavy (non-hydrogen) atoms. The lowest BCUT2D eigenvalue weighted by Gasteiger charge is -2.22. The minimum Gasteiger partial charge on any atom is -0.495 e. The number of sulfonamides is 1. The van der Waals surface area contributed by atoms with Gasteiger partial charge in [-0.25, -0.2) is 8.42 Å². The largest absolute Gasteiger partial charge is 0.495 e. The lowest BCUT2D eigenvalue weighted by molar-refractivity contribution is 0.0950. The Kier molecular flexibility index (Phi) is 8.31. The molecule has 0 fully saturated rings. The molecule has 8 heteroatoms. The van der Waals surface area contributed by atoms with Gasteiger partial charge in [0.1, 0.15) is 5.75 Å². The molecule has 0 radical (unpaired) electrons. The number of aryl methyl sites for hydroxylation is 1. The molecule has 0 aliphatic carbocycles. The first kappa shape index (κ1) is 25.3. The second kappa shape index (κ2) is 11.2. The van der Waals surface area contributed by atoms with Crippen LogP contribution in [0.5, 0.6) is 5.75 Å². The normalized spacial score (nSPS) is 11.2. The van der Waals surface area contributed by atoms with E-state index in [1.54, 1.807) is 37.3 Å². The van der Waals surface area contributed by atoms with Crippen LogP contribution >= 0.6 is 0 Å². The smallest absolute Gasteiger partial charge is 0.264 e. The lowest BCUT2D eigenvalue weighted by Crippen LogP contribution is -2.28. The van der Waals surface area contributed by atoms with Gasteiger partial charge in [-0.1, -0.05) is 42.5 Å². The van der Waals surface area contributed by atoms with Crippen LogP contribution in [0.2, 0.25) is 0 Å². The summed E-state index contributed by atoms with van der Waals surface area (Å²) in [5, 5.41) is 2.88. The molecule has 0 unspecified atom stereocenters. The van der Waals surface area contributed by atoms with Gasteiger partial charge in [-0.15, -0.1) is 0 Å². The number of carbonyl (C=O) groups excluding carboxylic acids is 1. The highest BCUT2D eigenvalue weighted by molar-refractivity contribution is 7.92. The minimum absolute atomic E-state index is 0.0249. The first-order valence-corrected chi connectivity index (χ1v) is 12.4. The maximum atomic E-state index is 13.3. The summed E-state index contributed by atoms with van der Waals surface area (Å²) in [6.45, 7) is 5.25. The first-order chi connectivity index (χ1) is 16.3. The van der Waals surface area contributed by atoms with Crippen LogP contribution < -0.4 is 14.4 Å². The molecule has 0 spiro atoms. The average molecular weight is 483 g/mol. The Morgan fingerprint density at radius 3 is 2.35 bits per heavy atom. The Morgan fingerprint density at radius 1 is 1.00 bits per heavy atom. The zero-order valence-electron chi connectivity index (χ0n) is 19.9. The van der Waals surface area contributed by atoms with Gasteiger partial charge in [0.05, 0.1) is 24.3 Å². The van der Waals surface area contributed by atoms with Crippen LogP contribution in [0.15, 0.2) is 71.6 Å². The van der Waals surface area contributed by atoms with Gasteiger partial charge in [0, 0.05) is 25.8 Å². The predicted octanol–water partition coefficient (Wildman–Crippen LogP) is 4.30. The molecular weight excluding hydrogens is 452 g/mol. The average Bonchev–Trinajstić information content (AvgIpc) is 2.86. The number of ether oxygens (including phenoxy) is 2. The van der Waals surface area contributed by atoms with Crippen molar-refractivity contribution in [3.05, 3.63) is 89.0 Å². The molecule has 0 aromatic heterocycles. The van der Waals surface area contributed by atoms with Crippen molar-refractivity contribution in [1.82, 2.24) is 5.32 Å². The number of nitrogens with zero attached hydrogens (tertiary/aromatic N) is 1. The molecule has 180 valence electrons. The molecule has 0 saturated heterocycles. The van der Waals surface area contributed by atoms with E-state index in [2.05, 4.69) is 5.32 Å². The van der Waals surface area contributed by atoms with Gasteiger partial charge < -0.3 is 14.8 Å². The molecule has 7 nitrogen and oxygen atoms in total. The summed E-state index contributed by atoms with van der Waals surface area (Å²) in [7, 11) is -0.969.